The Morgan fingerprint density at radius 3 is 2.63 bits per heavy atom. The highest BCUT2D eigenvalue weighted by Gasteiger charge is 2.29. The zero-order chi connectivity index (χ0) is 14.0. The third-order valence-electron chi connectivity index (χ3n) is 2.80. The van der Waals surface area contributed by atoms with Gasteiger partial charge in [0.25, 0.3) is 0 Å². The summed E-state index contributed by atoms with van der Waals surface area (Å²) in [4.78, 5) is 2.51. The van der Waals surface area contributed by atoms with Gasteiger partial charge in [0.1, 0.15) is 0 Å². The minimum atomic E-state index is 0.0136. The highest BCUT2D eigenvalue weighted by Crippen LogP contribution is 2.38. The summed E-state index contributed by atoms with van der Waals surface area (Å²) in [6.45, 7) is 9.58. The molecule has 0 bridgehead atoms. The summed E-state index contributed by atoms with van der Waals surface area (Å²) in [6, 6.07) is 2.27. The van der Waals surface area contributed by atoms with Gasteiger partial charge in [-0.05, 0) is 45.5 Å². The van der Waals surface area contributed by atoms with Crippen molar-refractivity contribution in [1.82, 2.24) is 14.9 Å². The second-order valence-electron chi connectivity index (χ2n) is 5.36. The molecule has 104 valence electrons. The first-order valence-corrected chi connectivity index (χ1v) is 8.68. The van der Waals surface area contributed by atoms with Crippen LogP contribution in [0.3, 0.4) is 0 Å². The summed E-state index contributed by atoms with van der Waals surface area (Å²) < 4.78 is 5.32. The lowest BCUT2D eigenvalue weighted by Crippen LogP contribution is -2.24. The van der Waals surface area contributed by atoms with E-state index in [2.05, 4.69) is 70.0 Å². The molecule has 1 atom stereocenters. The molecule has 3 nitrogen and oxygen atoms in total. The number of nitrogens with zero attached hydrogens (tertiary/aromatic N) is 2. The van der Waals surface area contributed by atoms with Crippen molar-refractivity contribution in [2.75, 3.05) is 6.54 Å². The maximum Gasteiger partial charge on any atom is 0.0860 e. The van der Waals surface area contributed by atoms with Gasteiger partial charge >= 0.3 is 0 Å². The standard InChI is InChI=1S/C13H18BrN3S2/c1-5-15-9(10-8(14)6-7-18-10)11-12(13(2,3)4)16-17-19-11/h6-7,9,15H,5H2,1-4H3. The summed E-state index contributed by atoms with van der Waals surface area (Å²) in [6.07, 6.45) is 0. The van der Waals surface area contributed by atoms with Crippen LogP contribution in [0.1, 0.15) is 49.2 Å². The molecule has 0 aliphatic carbocycles. The van der Waals surface area contributed by atoms with E-state index < -0.39 is 0 Å². The molecule has 6 heteroatoms. The van der Waals surface area contributed by atoms with Gasteiger partial charge in [-0.1, -0.05) is 32.2 Å². The molecule has 1 unspecified atom stereocenters. The van der Waals surface area contributed by atoms with Crippen molar-refractivity contribution in [2.45, 2.75) is 39.2 Å². The van der Waals surface area contributed by atoms with E-state index in [1.165, 1.54) is 21.3 Å². The van der Waals surface area contributed by atoms with Crippen LogP contribution < -0.4 is 5.32 Å². The topological polar surface area (TPSA) is 37.8 Å². The highest BCUT2D eigenvalue weighted by atomic mass is 79.9. The summed E-state index contributed by atoms with van der Waals surface area (Å²) >= 11 is 6.88. The predicted octanol–water partition coefficient (Wildman–Crippen LogP) is 4.36. The van der Waals surface area contributed by atoms with Crippen LogP contribution in [0, 0.1) is 0 Å². The summed E-state index contributed by atoms with van der Waals surface area (Å²) in [5.74, 6) is 0. The third-order valence-corrected chi connectivity index (χ3v) is 5.53. The fraction of sp³-hybridized carbons (Fsp3) is 0.538. The first kappa shape index (κ1) is 15.1. The molecule has 0 saturated heterocycles. The van der Waals surface area contributed by atoms with Crippen molar-refractivity contribution in [3.05, 3.63) is 31.4 Å². The van der Waals surface area contributed by atoms with Crippen molar-refractivity contribution in [3.63, 3.8) is 0 Å². The average Bonchev–Trinajstić information content (AvgIpc) is 2.93. The van der Waals surface area contributed by atoms with Crippen LogP contribution in [0.25, 0.3) is 0 Å². The van der Waals surface area contributed by atoms with Crippen molar-refractivity contribution >= 4 is 38.8 Å². The minimum Gasteiger partial charge on any atom is -0.305 e. The van der Waals surface area contributed by atoms with Gasteiger partial charge in [0, 0.05) is 14.8 Å². The molecule has 0 aliphatic heterocycles. The molecule has 2 rings (SSSR count). The number of rotatable bonds is 4. The van der Waals surface area contributed by atoms with Crippen LogP contribution >= 0.6 is 38.8 Å². The van der Waals surface area contributed by atoms with E-state index in [4.69, 9.17) is 0 Å². The number of thiophene rings is 1. The Bertz CT molecular complexity index is 542. The van der Waals surface area contributed by atoms with Gasteiger partial charge in [-0.2, -0.15) is 0 Å². The van der Waals surface area contributed by atoms with Crippen molar-refractivity contribution in [2.24, 2.45) is 0 Å². The first-order chi connectivity index (χ1) is 8.95. The molecular formula is C13H18BrN3S2. The van der Waals surface area contributed by atoms with Gasteiger partial charge in [-0.15, -0.1) is 16.4 Å². The van der Waals surface area contributed by atoms with Crippen LogP contribution in [-0.4, -0.2) is 16.1 Å². The normalized spacial score (nSPS) is 13.7. The molecule has 2 aromatic heterocycles. The van der Waals surface area contributed by atoms with Gasteiger partial charge in [-0.25, -0.2) is 0 Å². The first-order valence-electron chi connectivity index (χ1n) is 6.24. The van der Waals surface area contributed by atoms with Crippen LogP contribution in [-0.2, 0) is 5.41 Å². The van der Waals surface area contributed by atoms with Crippen LogP contribution in [0.4, 0.5) is 0 Å². The lowest BCUT2D eigenvalue weighted by atomic mass is 9.90. The highest BCUT2D eigenvalue weighted by molar-refractivity contribution is 9.10. The molecule has 2 aromatic rings. The Labute approximate surface area is 130 Å². The quantitative estimate of drug-likeness (QED) is 0.880. The molecule has 2 heterocycles. The largest absolute Gasteiger partial charge is 0.305 e. The number of halogens is 1. The molecule has 0 amide bonds. The summed E-state index contributed by atoms with van der Waals surface area (Å²) in [5, 5.41) is 10.0. The zero-order valence-electron chi connectivity index (χ0n) is 11.5. The maximum atomic E-state index is 4.35. The predicted molar refractivity (Wildman–Crippen MR) is 86.1 cm³/mol. The lowest BCUT2D eigenvalue weighted by Gasteiger charge is -2.22. The molecule has 0 saturated carbocycles. The van der Waals surface area contributed by atoms with Crippen molar-refractivity contribution in [1.29, 1.82) is 0 Å². The fourth-order valence-corrected chi connectivity index (χ4v) is 4.64. The Hall–Kier alpha value is -0.300. The van der Waals surface area contributed by atoms with Crippen LogP contribution in [0.15, 0.2) is 15.9 Å². The molecular weight excluding hydrogens is 342 g/mol. The van der Waals surface area contributed by atoms with Gasteiger partial charge in [0.15, 0.2) is 0 Å². The van der Waals surface area contributed by atoms with Crippen molar-refractivity contribution in [3.8, 4) is 0 Å². The maximum absolute atomic E-state index is 4.35. The van der Waals surface area contributed by atoms with Crippen LogP contribution in [0.2, 0.25) is 0 Å². The molecule has 19 heavy (non-hydrogen) atoms. The molecule has 0 spiro atoms. The molecule has 0 fully saturated rings. The van der Waals surface area contributed by atoms with E-state index in [0.717, 1.165) is 16.7 Å². The van der Waals surface area contributed by atoms with Crippen molar-refractivity contribution < 1.29 is 0 Å². The monoisotopic (exact) mass is 359 g/mol. The van der Waals surface area contributed by atoms with E-state index in [-0.39, 0.29) is 11.5 Å². The molecule has 0 aromatic carbocycles. The lowest BCUT2D eigenvalue weighted by molar-refractivity contribution is 0.544. The Balaban J connectivity index is 2.46. The van der Waals surface area contributed by atoms with E-state index in [9.17, 15) is 0 Å². The molecule has 0 radical (unpaired) electrons. The summed E-state index contributed by atoms with van der Waals surface area (Å²) in [5.41, 5.74) is 1.10. The van der Waals surface area contributed by atoms with Gasteiger partial charge in [0.2, 0.25) is 0 Å². The number of hydrogen-bond acceptors (Lipinski definition) is 5. The second-order valence-corrected chi connectivity index (χ2v) is 7.95. The number of hydrogen-bond donors (Lipinski definition) is 1. The molecule has 1 N–H and O–H groups in total. The molecule has 0 aliphatic rings. The Morgan fingerprint density at radius 1 is 1.37 bits per heavy atom. The zero-order valence-corrected chi connectivity index (χ0v) is 14.7. The van der Waals surface area contributed by atoms with Gasteiger partial charge in [-0.3, -0.25) is 0 Å². The van der Waals surface area contributed by atoms with Crippen LogP contribution in [0.5, 0.6) is 0 Å². The smallest absolute Gasteiger partial charge is 0.0860 e. The van der Waals surface area contributed by atoms with E-state index >= 15 is 0 Å². The Morgan fingerprint density at radius 2 is 2.11 bits per heavy atom. The second kappa shape index (κ2) is 5.99. The van der Waals surface area contributed by atoms with E-state index in [1.54, 1.807) is 11.3 Å². The van der Waals surface area contributed by atoms with Gasteiger partial charge < -0.3 is 5.32 Å². The average molecular weight is 360 g/mol. The fourth-order valence-electron chi connectivity index (χ4n) is 1.93. The minimum absolute atomic E-state index is 0.0136. The van der Waals surface area contributed by atoms with E-state index in [1.807, 2.05) is 0 Å². The third kappa shape index (κ3) is 3.24. The van der Waals surface area contributed by atoms with Gasteiger partial charge in [0.05, 0.1) is 16.6 Å². The number of nitrogens with one attached hydrogen (secondary N) is 1. The number of aromatic nitrogens is 2. The SMILES string of the molecule is CCNC(c1sccc1Br)c1snnc1C(C)(C)C. The van der Waals surface area contributed by atoms with E-state index in [0.29, 0.717) is 0 Å². The Kier molecular flexibility index (Phi) is 4.76. The summed E-state index contributed by atoms with van der Waals surface area (Å²) in [7, 11) is 0.